The Kier molecular flexibility index (Phi) is 3.87. The summed E-state index contributed by atoms with van der Waals surface area (Å²) >= 11 is 6.27. The number of terminal acetylenes is 1. The number of nitrogens with zero attached hydrogens (tertiary/aromatic N) is 2. The molecule has 1 aromatic carbocycles. The van der Waals surface area contributed by atoms with Crippen molar-refractivity contribution in [3.8, 4) is 23.6 Å². The highest BCUT2D eigenvalue weighted by Crippen LogP contribution is 2.32. The van der Waals surface area contributed by atoms with Gasteiger partial charge in [0.25, 0.3) is 0 Å². The molecule has 0 radical (unpaired) electrons. The Morgan fingerprint density at radius 1 is 1.28 bits per heavy atom. The Morgan fingerprint density at radius 3 is 2.80 bits per heavy atom. The number of anilines is 1. The number of fused-ring (bicyclic) bond motifs is 1. The number of rotatable bonds is 3. The molecule has 25 heavy (non-hydrogen) atoms. The van der Waals surface area contributed by atoms with E-state index in [1.807, 2.05) is 30.3 Å². The van der Waals surface area contributed by atoms with Gasteiger partial charge in [-0.3, -0.25) is 4.79 Å². The number of hydrogen-bond acceptors (Lipinski definition) is 3. The molecule has 0 bridgehead atoms. The molecular formula is C20H14ClN3O. The third-order valence-corrected chi connectivity index (χ3v) is 4.53. The van der Waals surface area contributed by atoms with Crippen LogP contribution < -0.4 is 5.32 Å². The molecule has 3 aromatic rings. The lowest BCUT2D eigenvalue weighted by atomic mass is 10.1. The fraction of sp³-hybridized carbons (Fsp3) is 0.150. The molecule has 1 amide bonds. The maximum absolute atomic E-state index is 11.9. The van der Waals surface area contributed by atoms with E-state index in [0.29, 0.717) is 22.2 Å². The van der Waals surface area contributed by atoms with Crippen LogP contribution in [0.25, 0.3) is 22.0 Å². The molecule has 0 saturated heterocycles. The van der Waals surface area contributed by atoms with Gasteiger partial charge in [0.1, 0.15) is 11.5 Å². The van der Waals surface area contributed by atoms with Crippen molar-refractivity contribution < 1.29 is 4.79 Å². The number of benzene rings is 1. The fourth-order valence-electron chi connectivity index (χ4n) is 2.71. The van der Waals surface area contributed by atoms with Gasteiger partial charge in [-0.25, -0.2) is 9.97 Å². The van der Waals surface area contributed by atoms with Crippen LogP contribution in [0.2, 0.25) is 5.02 Å². The largest absolute Gasteiger partial charge is 0.310 e. The minimum Gasteiger partial charge on any atom is -0.310 e. The first kappa shape index (κ1) is 15.6. The fourth-order valence-corrected chi connectivity index (χ4v) is 2.94. The van der Waals surface area contributed by atoms with E-state index < -0.39 is 0 Å². The van der Waals surface area contributed by atoms with Crippen molar-refractivity contribution in [2.75, 3.05) is 5.32 Å². The van der Waals surface area contributed by atoms with Crippen LogP contribution in [0.4, 0.5) is 5.82 Å². The first-order valence-electron chi connectivity index (χ1n) is 7.99. The predicted molar refractivity (Wildman–Crippen MR) is 99.3 cm³/mol. The average Bonchev–Trinajstić information content (AvgIpc) is 3.46. The molecule has 0 spiro atoms. The van der Waals surface area contributed by atoms with Crippen LogP contribution in [-0.4, -0.2) is 15.9 Å². The van der Waals surface area contributed by atoms with Crippen LogP contribution in [-0.2, 0) is 4.79 Å². The van der Waals surface area contributed by atoms with E-state index in [4.69, 9.17) is 18.0 Å². The molecule has 0 aliphatic heterocycles. The van der Waals surface area contributed by atoms with Gasteiger partial charge < -0.3 is 5.32 Å². The third kappa shape index (κ3) is 3.07. The summed E-state index contributed by atoms with van der Waals surface area (Å²) in [5.41, 5.74) is 2.01. The molecule has 1 aliphatic rings. The molecular weight excluding hydrogens is 334 g/mol. The predicted octanol–water partition coefficient (Wildman–Crippen LogP) is 4.28. The van der Waals surface area contributed by atoms with E-state index in [1.165, 1.54) is 0 Å². The van der Waals surface area contributed by atoms with Crippen molar-refractivity contribution in [2.45, 2.75) is 12.8 Å². The van der Waals surface area contributed by atoms with E-state index in [-0.39, 0.29) is 11.8 Å². The van der Waals surface area contributed by atoms with Crippen molar-refractivity contribution in [1.29, 1.82) is 0 Å². The van der Waals surface area contributed by atoms with Crippen LogP contribution in [0.5, 0.6) is 0 Å². The molecule has 1 saturated carbocycles. The molecule has 5 heteroatoms. The Hall–Kier alpha value is -2.90. The zero-order valence-electron chi connectivity index (χ0n) is 13.3. The van der Waals surface area contributed by atoms with Crippen LogP contribution in [0.3, 0.4) is 0 Å². The second kappa shape index (κ2) is 6.19. The normalized spacial score (nSPS) is 13.4. The summed E-state index contributed by atoms with van der Waals surface area (Å²) in [5.74, 6) is 3.24. The highest BCUT2D eigenvalue weighted by Gasteiger charge is 2.29. The monoisotopic (exact) mass is 347 g/mol. The first-order valence-corrected chi connectivity index (χ1v) is 8.36. The molecule has 122 valence electrons. The number of aromatic nitrogens is 2. The van der Waals surface area contributed by atoms with Crippen molar-refractivity contribution in [2.24, 2.45) is 5.92 Å². The highest BCUT2D eigenvalue weighted by atomic mass is 35.5. The van der Waals surface area contributed by atoms with Crippen molar-refractivity contribution >= 4 is 34.1 Å². The summed E-state index contributed by atoms with van der Waals surface area (Å²) < 4.78 is 0. The Morgan fingerprint density at radius 2 is 2.08 bits per heavy atom. The molecule has 4 nitrogen and oxygen atoms in total. The van der Waals surface area contributed by atoms with Crippen LogP contribution in [0.15, 0.2) is 42.6 Å². The second-order valence-electron chi connectivity index (χ2n) is 6.03. The molecule has 2 aromatic heterocycles. The minimum absolute atomic E-state index is 0.00903. The summed E-state index contributed by atoms with van der Waals surface area (Å²) in [4.78, 5) is 20.8. The number of hydrogen-bond donors (Lipinski definition) is 1. The molecule has 0 unspecified atom stereocenters. The molecule has 1 aliphatic carbocycles. The summed E-state index contributed by atoms with van der Waals surface area (Å²) in [6, 6.07) is 11.1. The lowest BCUT2D eigenvalue weighted by molar-refractivity contribution is -0.117. The third-order valence-electron chi connectivity index (χ3n) is 4.20. The smallest absolute Gasteiger partial charge is 0.228 e. The molecule has 1 fully saturated rings. The van der Waals surface area contributed by atoms with Crippen molar-refractivity contribution in [3.63, 3.8) is 0 Å². The summed E-state index contributed by atoms with van der Waals surface area (Å²) in [6.45, 7) is 0. The molecule has 2 heterocycles. The van der Waals surface area contributed by atoms with Gasteiger partial charge in [0, 0.05) is 33.5 Å². The second-order valence-corrected chi connectivity index (χ2v) is 6.44. The maximum Gasteiger partial charge on any atom is 0.228 e. The SMILES string of the molecule is C#Cc1nc(-c2ccccc2Cl)cc2cnc(NC(=O)C3CC3)cc12. The van der Waals surface area contributed by atoms with Gasteiger partial charge in [-0.15, -0.1) is 6.42 Å². The van der Waals surface area contributed by atoms with Crippen LogP contribution >= 0.6 is 11.6 Å². The van der Waals surface area contributed by atoms with Crippen LogP contribution in [0.1, 0.15) is 18.5 Å². The van der Waals surface area contributed by atoms with E-state index in [0.717, 1.165) is 29.2 Å². The standard InChI is InChI=1S/C20H14ClN3O/c1-2-17-15-10-19(24-20(25)12-7-8-12)22-11-13(15)9-18(23-17)14-5-3-4-6-16(14)21/h1,3-6,9-12H,7-8H2,(H,22,24,25). The number of carbonyl (C=O) groups excluding carboxylic acids is 1. The van der Waals surface area contributed by atoms with Crippen molar-refractivity contribution in [3.05, 3.63) is 53.3 Å². The number of carbonyl (C=O) groups is 1. The van der Waals surface area contributed by atoms with Gasteiger partial charge >= 0.3 is 0 Å². The van der Waals surface area contributed by atoms with E-state index in [1.54, 1.807) is 12.3 Å². The minimum atomic E-state index is 0.00903. The molecule has 4 rings (SSSR count). The zero-order chi connectivity index (χ0) is 17.4. The Labute approximate surface area is 150 Å². The highest BCUT2D eigenvalue weighted by molar-refractivity contribution is 6.33. The lowest BCUT2D eigenvalue weighted by Gasteiger charge is -2.09. The molecule has 0 atom stereocenters. The number of pyridine rings is 2. The lowest BCUT2D eigenvalue weighted by Crippen LogP contribution is -2.14. The van der Waals surface area contributed by atoms with Gasteiger partial charge in [0.15, 0.2) is 0 Å². The summed E-state index contributed by atoms with van der Waals surface area (Å²) in [5, 5.41) is 5.07. The summed E-state index contributed by atoms with van der Waals surface area (Å²) in [6.07, 6.45) is 9.24. The number of amides is 1. The molecule has 1 N–H and O–H groups in total. The van der Waals surface area contributed by atoms with Gasteiger partial charge in [0.05, 0.1) is 5.69 Å². The van der Waals surface area contributed by atoms with E-state index in [9.17, 15) is 4.79 Å². The number of halogens is 1. The first-order chi connectivity index (χ1) is 12.2. The van der Waals surface area contributed by atoms with E-state index in [2.05, 4.69) is 21.2 Å². The topological polar surface area (TPSA) is 54.9 Å². The maximum atomic E-state index is 11.9. The van der Waals surface area contributed by atoms with Gasteiger partial charge in [-0.1, -0.05) is 29.8 Å². The summed E-state index contributed by atoms with van der Waals surface area (Å²) in [7, 11) is 0. The number of nitrogens with one attached hydrogen (secondary N) is 1. The van der Waals surface area contributed by atoms with E-state index >= 15 is 0 Å². The zero-order valence-corrected chi connectivity index (χ0v) is 14.0. The Balaban J connectivity index is 1.79. The van der Waals surface area contributed by atoms with Crippen LogP contribution in [0, 0.1) is 18.3 Å². The quantitative estimate of drug-likeness (QED) is 0.719. The Bertz CT molecular complexity index is 1030. The van der Waals surface area contributed by atoms with Gasteiger partial charge in [0.2, 0.25) is 5.91 Å². The van der Waals surface area contributed by atoms with Gasteiger partial charge in [-0.05, 0) is 37.0 Å². The average molecular weight is 348 g/mol. The van der Waals surface area contributed by atoms with Gasteiger partial charge in [-0.2, -0.15) is 0 Å². The van der Waals surface area contributed by atoms with Crippen molar-refractivity contribution in [1.82, 2.24) is 9.97 Å².